The second-order valence-corrected chi connectivity index (χ2v) is 7.91. The van der Waals surface area contributed by atoms with E-state index in [-0.39, 0.29) is 17.0 Å². The second kappa shape index (κ2) is 7.45. The number of carbonyl (C=O) groups is 1. The molecule has 0 atom stereocenters. The van der Waals surface area contributed by atoms with Gasteiger partial charge < -0.3 is 5.11 Å². The van der Waals surface area contributed by atoms with E-state index in [0.29, 0.717) is 25.0 Å². The van der Waals surface area contributed by atoms with Crippen molar-refractivity contribution in [1.82, 2.24) is 0 Å². The van der Waals surface area contributed by atoms with Gasteiger partial charge in [-0.05, 0) is 34.6 Å². The molecule has 2 aromatic rings. The van der Waals surface area contributed by atoms with Crippen LogP contribution in [0.2, 0.25) is 0 Å². The van der Waals surface area contributed by atoms with Crippen LogP contribution in [0.25, 0.3) is 10.8 Å². The summed E-state index contributed by atoms with van der Waals surface area (Å²) in [6.07, 6.45) is 2.46. The molecule has 3 heteroatoms. The summed E-state index contributed by atoms with van der Waals surface area (Å²) < 4.78 is 0. The lowest BCUT2D eigenvalue weighted by Crippen LogP contribution is -2.33. The first-order valence-electron chi connectivity index (χ1n) is 9.37. The monoisotopic (exact) mass is 349 g/mol. The average Bonchev–Trinajstić information content (AvgIpc) is 2.58. The maximum atomic E-state index is 12.8. The van der Waals surface area contributed by atoms with Crippen LogP contribution in [0.1, 0.15) is 45.6 Å². The number of benzene rings is 2. The molecule has 26 heavy (non-hydrogen) atoms. The second-order valence-electron chi connectivity index (χ2n) is 7.91. The van der Waals surface area contributed by atoms with Crippen molar-refractivity contribution in [3.63, 3.8) is 0 Å². The predicted molar refractivity (Wildman–Crippen MR) is 108 cm³/mol. The molecule has 0 amide bonds. The third kappa shape index (κ3) is 3.87. The Labute approximate surface area is 155 Å². The number of aliphatic imine (C=N–C) groups is 1. The van der Waals surface area contributed by atoms with Gasteiger partial charge in [0.15, 0.2) is 5.78 Å². The van der Waals surface area contributed by atoms with Crippen LogP contribution in [0.15, 0.2) is 58.8 Å². The Hall–Kier alpha value is -2.42. The summed E-state index contributed by atoms with van der Waals surface area (Å²) in [7, 11) is 0. The minimum Gasteiger partial charge on any atom is -0.511 e. The highest BCUT2D eigenvalue weighted by Gasteiger charge is 2.36. The van der Waals surface area contributed by atoms with E-state index in [2.05, 4.69) is 44.0 Å². The smallest absolute Gasteiger partial charge is 0.168 e. The molecule has 2 aromatic carbocycles. The molecule has 0 spiro atoms. The number of carbonyl (C=O) groups excluding carboxylic acids is 1. The quantitative estimate of drug-likeness (QED) is 0.590. The largest absolute Gasteiger partial charge is 0.511 e. The van der Waals surface area contributed by atoms with E-state index in [9.17, 15) is 9.90 Å². The highest BCUT2D eigenvalue weighted by Crippen LogP contribution is 2.36. The zero-order chi connectivity index (χ0) is 18.7. The van der Waals surface area contributed by atoms with Gasteiger partial charge in [0.05, 0.1) is 5.57 Å². The lowest BCUT2D eigenvalue weighted by atomic mass is 9.73. The molecule has 3 nitrogen and oxygen atoms in total. The van der Waals surface area contributed by atoms with Crippen molar-refractivity contribution in [1.29, 1.82) is 0 Å². The van der Waals surface area contributed by atoms with Gasteiger partial charge in [-0.3, -0.25) is 9.79 Å². The van der Waals surface area contributed by atoms with E-state index < -0.39 is 0 Å². The molecule has 3 rings (SSSR count). The summed E-state index contributed by atoms with van der Waals surface area (Å²) >= 11 is 0. The highest BCUT2D eigenvalue weighted by molar-refractivity contribution is 6.24. The van der Waals surface area contributed by atoms with E-state index in [1.807, 2.05) is 24.3 Å². The zero-order valence-corrected chi connectivity index (χ0v) is 15.9. The molecule has 1 saturated carbocycles. The molecule has 1 aliphatic rings. The summed E-state index contributed by atoms with van der Waals surface area (Å²) in [4.78, 5) is 17.4. The van der Waals surface area contributed by atoms with Crippen LogP contribution in [-0.2, 0) is 11.2 Å². The summed E-state index contributed by atoms with van der Waals surface area (Å²) in [6, 6.07) is 14.2. The number of hydrogen-bond donors (Lipinski definition) is 1. The van der Waals surface area contributed by atoms with Crippen LogP contribution in [0, 0.1) is 5.41 Å². The lowest BCUT2D eigenvalue weighted by Gasteiger charge is -2.31. The van der Waals surface area contributed by atoms with Crippen molar-refractivity contribution in [2.45, 2.75) is 46.5 Å². The first-order valence-corrected chi connectivity index (χ1v) is 9.37. The normalized spacial score (nSPS) is 20.6. The van der Waals surface area contributed by atoms with E-state index in [1.165, 1.54) is 0 Å². The molecule has 1 fully saturated rings. The Bertz CT molecular complexity index is 885. The van der Waals surface area contributed by atoms with Crippen molar-refractivity contribution in [2.75, 3.05) is 6.54 Å². The van der Waals surface area contributed by atoms with Gasteiger partial charge in [-0.15, -0.1) is 0 Å². The molecule has 1 N–H and O–H groups in total. The van der Waals surface area contributed by atoms with Gasteiger partial charge in [0.25, 0.3) is 0 Å². The van der Waals surface area contributed by atoms with Crippen LogP contribution in [0.3, 0.4) is 0 Å². The third-order valence-electron chi connectivity index (χ3n) is 4.91. The summed E-state index contributed by atoms with van der Waals surface area (Å²) in [5.41, 5.74) is 2.14. The SMILES string of the molecule is CCCN=C1CC(C)(C)CC(=O)C1=C(O)Cc1cccc2ccccc12. The molecule has 136 valence electrons. The predicted octanol–water partition coefficient (Wildman–Crippen LogP) is 5.43. The number of rotatable bonds is 4. The molecule has 0 unspecified atom stereocenters. The Morgan fingerprint density at radius 3 is 2.62 bits per heavy atom. The third-order valence-corrected chi connectivity index (χ3v) is 4.91. The maximum Gasteiger partial charge on any atom is 0.168 e. The van der Waals surface area contributed by atoms with Gasteiger partial charge in [0, 0.05) is 25.1 Å². The zero-order valence-electron chi connectivity index (χ0n) is 15.9. The Balaban J connectivity index is 2.02. The fourth-order valence-electron chi connectivity index (χ4n) is 3.71. The number of allylic oxidation sites excluding steroid dienone is 2. The fourth-order valence-corrected chi connectivity index (χ4v) is 3.71. The maximum absolute atomic E-state index is 12.8. The lowest BCUT2D eigenvalue weighted by molar-refractivity contribution is -0.117. The molecular formula is C23H27NO2. The Morgan fingerprint density at radius 2 is 1.85 bits per heavy atom. The van der Waals surface area contributed by atoms with Crippen molar-refractivity contribution < 1.29 is 9.90 Å². The van der Waals surface area contributed by atoms with Crippen LogP contribution >= 0.6 is 0 Å². The average molecular weight is 349 g/mol. The standard InChI is InChI=1S/C23H27NO2/c1-4-12-24-19-14-23(2,3)15-21(26)22(19)20(25)13-17-10-7-9-16-8-5-6-11-18(16)17/h5-11,25H,4,12-15H2,1-3H3. The number of hydrogen-bond acceptors (Lipinski definition) is 3. The molecule has 0 radical (unpaired) electrons. The van der Waals surface area contributed by atoms with E-state index in [4.69, 9.17) is 0 Å². The number of Topliss-reactive ketones (excluding diaryl/α,β-unsaturated/α-hetero) is 1. The van der Waals surface area contributed by atoms with Gasteiger partial charge in [0.1, 0.15) is 5.76 Å². The summed E-state index contributed by atoms with van der Waals surface area (Å²) in [5, 5.41) is 13.1. The first-order chi connectivity index (χ1) is 12.4. The van der Waals surface area contributed by atoms with Gasteiger partial charge in [0.2, 0.25) is 0 Å². The minimum atomic E-state index is -0.104. The topological polar surface area (TPSA) is 49.7 Å². The van der Waals surface area contributed by atoms with Crippen molar-refractivity contribution in [3.05, 3.63) is 59.4 Å². The Morgan fingerprint density at radius 1 is 1.12 bits per heavy atom. The minimum absolute atomic E-state index is 0.00818. The van der Waals surface area contributed by atoms with Gasteiger partial charge in [-0.1, -0.05) is 63.2 Å². The van der Waals surface area contributed by atoms with Crippen LogP contribution in [-0.4, -0.2) is 23.1 Å². The number of nitrogens with zero attached hydrogens (tertiary/aromatic N) is 1. The van der Waals surface area contributed by atoms with E-state index in [1.54, 1.807) is 0 Å². The number of fused-ring (bicyclic) bond motifs is 1. The molecule has 0 saturated heterocycles. The van der Waals surface area contributed by atoms with Gasteiger partial charge >= 0.3 is 0 Å². The molecule has 0 aliphatic heterocycles. The molecule has 1 aliphatic carbocycles. The first kappa shape index (κ1) is 18.4. The van der Waals surface area contributed by atoms with Crippen LogP contribution in [0.5, 0.6) is 0 Å². The van der Waals surface area contributed by atoms with E-state index in [0.717, 1.165) is 34.9 Å². The fraction of sp³-hybridized carbons (Fsp3) is 0.391. The van der Waals surface area contributed by atoms with Crippen molar-refractivity contribution in [3.8, 4) is 0 Å². The number of aliphatic hydroxyl groups excluding tert-OH is 1. The molecule has 0 aromatic heterocycles. The summed E-state index contributed by atoms with van der Waals surface area (Å²) in [5.74, 6) is 0.158. The van der Waals surface area contributed by atoms with Crippen LogP contribution in [0.4, 0.5) is 0 Å². The molecular weight excluding hydrogens is 322 g/mol. The van der Waals surface area contributed by atoms with Gasteiger partial charge in [-0.25, -0.2) is 0 Å². The van der Waals surface area contributed by atoms with Gasteiger partial charge in [-0.2, -0.15) is 0 Å². The van der Waals surface area contributed by atoms with E-state index >= 15 is 0 Å². The van der Waals surface area contributed by atoms with Crippen LogP contribution < -0.4 is 0 Å². The molecule has 0 heterocycles. The molecule has 0 bridgehead atoms. The number of ketones is 1. The highest BCUT2D eigenvalue weighted by atomic mass is 16.3. The Kier molecular flexibility index (Phi) is 5.26. The summed E-state index contributed by atoms with van der Waals surface area (Å²) in [6.45, 7) is 6.93. The number of aliphatic hydroxyl groups is 1. The van der Waals surface area contributed by atoms with Crippen molar-refractivity contribution >= 4 is 22.3 Å². The van der Waals surface area contributed by atoms with Crippen molar-refractivity contribution in [2.24, 2.45) is 10.4 Å².